The number of carboxylic acids is 1. The lowest BCUT2D eigenvalue weighted by Gasteiger charge is -2.00. The molecule has 22 heavy (non-hydrogen) atoms. The summed E-state index contributed by atoms with van der Waals surface area (Å²) in [5.41, 5.74) is 2.00. The van der Waals surface area contributed by atoms with Crippen molar-refractivity contribution >= 4 is 51.0 Å². The molecule has 0 unspecified atom stereocenters. The van der Waals surface area contributed by atoms with Crippen LogP contribution in [0.25, 0.3) is 20.7 Å². The van der Waals surface area contributed by atoms with Crippen LogP contribution in [0, 0.1) is 0 Å². The second kappa shape index (κ2) is 6.68. The van der Waals surface area contributed by atoms with E-state index in [1.807, 2.05) is 12.1 Å². The van der Waals surface area contributed by atoms with Crippen molar-refractivity contribution in [3.05, 3.63) is 36.7 Å². The van der Waals surface area contributed by atoms with E-state index in [0.717, 1.165) is 25.7 Å². The molecule has 0 radical (unpaired) electrons. The van der Waals surface area contributed by atoms with Gasteiger partial charge in [0.25, 0.3) is 0 Å². The highest BCUT2D eigenvalue weighted by Crippen LogP contribution is 2.37. The maximum absolute atomic E-state index is 10.7. The monoisotopic (exact) mass is 348 g/mol. The van der Waals surface area contributed by atoms with Crippen LogP contribution in [0.3, 0.4) is 0 Å². The minimum absolute atomic E-state index is 0.00130. The van der Waals surface area contributed by atoms with Gasteiger partial charge >= 0.3 is 5.97 Å². The Hall–Kier alpha value is -1.57. The number of carbonyl (C=O) groups is 1. The molecule has 0 aliphatic rings. The number of thioether (sulfide) groups is 2. The molecule has 0 saturated heterocycles. The topological polar surface area (TPSA) is 63.1 Å². The molecule has 112 valence electrons. The molecule has 4 nitrogen and oxygen atoms in total. The summed E-state index contributed by atoms with van der Waals surface area (Å²) in [4.78, 5) is 21.6. The van der Waals surface area contributed by atoms with Crippen molar-refractivity contribution in [2.75, 3.05) is 12.0 Å². The molecule has 2 heterocycles. The van der Waals surface area contributed by atoms with Crippen molar-refractivity contribution < 1.29 is 9.90 Å². The predicted octanol–water partition coefficient (Wildman–Crippen LogP) is 4.26. The van der Waals surface area contributed by atoms with Crippen LogP contribution in [0.1, 0.15) is 0 Å². The number of thiophene rings is 1. The van der Waals surface area contributed by atoms with Crippen LogP contribution in [0.5, 0.6) is 0 Å². The van der Waals surface area contributed by atoms with Gasteiger partial charge in [-0.1, -0.05) is 23.9 Å². The third-order valence-corrected chi connectivity index (χ3v) is 5.97. The van der Waals surface area contributed by atoms with Crippen LogP contribution in [0.4, 0.5) is 0 Å². The highest BCUT2D eigenvalue weighted by Gasteiger charge is 2.12. The first-order valence-electron chi connectivity index (χ1n) is 6.41. The van der Waals surface area contributed by atoms with E-state index in [1.165, 1.54) is 23.0 Å². The molecule has 3 rings (SSSR count). The summed E-state index contributed by atoms with van der Waals surface area (Å²) in [6, 6.07) is 10.4. The van der Waals surface area contributed by atoms with Crippen LogP contribution < -0.4 is 0 Å². The largest absolute Gasteiger partial charge is 0.481 e. The number of carboxylic acid groups (broad SMARTS) is 1. The summed E-state index contributed by atoms with van der Waals surface area (Å²) >= 11 is 4.54. The zero-order valence-electron chi connectivity index (χ0n) is 11.6. The number of benzene rings is 1. The Balaban J connectivity index is 2.01. The number of aliphatic carboxylic acids is 1. The van der Waals surface area contributed by atoms with Crippen molar-refractivity contribution in [3.63, 3.8) is 0 Å². The minimum Gasteiger partial charge on any atom is -0.481 e. The highest BCUT2D eigenvalue weighted by atomic mass is 32.2. The van der Waals surface area contributed by atoms with Gasteiger partial charge in [0, 0.05) is 9.77 Å². The zero-order chi connectivity index (χ0) is 15.5. The van der Waals surface area contributed by atoms with Crippen LogP contribution in [0.15, 0.2) is 46.6 Å². The average Bonchev–Trinajstić information content (AvgIpc) is 2.97. The Morgan fingerprint density at radius 1 is 1.32 bits per heavy atom. The summed E-state index contributed by atoms with van der Waals surface area (Å²) in [5.74, 6) is -0.845. The Morgan fingerprint density at radius 2 is 2.18 bits per heavy atom. The Bertz CT molecular complexity index is 833. The molecule has 7 heteroatoms. The number of aromatic nitrogens is 2. The number of hydrogen-bond donors (Lipinski definition) is 1. The standard InChI is InChI=1S/C15H12N2O2S3/c1-20-10-4-2-3-9(5-10)12-6-11-14(22-12)15(17-8-16-11)21-7-13(18)19/h2-6,8H,7H2,1H3,(H,18,19). The summed E-state index contributed by atoms with van der Waals surface area (Å²) in [5, 5.41) is 9.55. The molecule has 1 N–H and O–H groups in total. The highest BCUT2D eigenvalue weighted by molar-refractivity contribution is 8.00. The minimum atomic E-state index is -0.846. The van der Waals surface area contributed by atoms with Gasteiger partial charge in [-0.2, -0.15) is 0 Å². The van der Waals surface area contributed by atoms with Gasteiger partial charge in [-0.05, 0) is 30.0 Å². The molecular weight excluding hydrogens is 336 g/mol. The lowest BCUT2D eigenvalue weighted by molar-refractivity contribution is -0.133. The van der Waals surface area contributed by atoms with E-state index in [2.05, 4.69) is 34.4 Å². The number of fused-ring (bicyclic) bond motifs is 1. The van der Waals surface area contributed by atoms with Crippen molar-refractivity contribution in [1.29, 1.82) is 0 Å². The first kappa shape index (κ1) is 15.3. The second-order valence-electron chi connectivity index (χ2n) is 4.42. The van der Waals surface area contributed by atoms with E-state index in [-0.39, 0.29) is 5.75 Å². The van der Waals surface area contributed by atoms with Gasteiger partial charge in [0.1, 0.15) is 11.4 Å². The lowest BCUT2D eigenvalue weighted by atomic mass is 10.2. The van der Waals surface area contributed by atoms with Crippen molar-refractivity contribution in [1.82, 2.24) is 9.97 Å². The maximum Gasteiger partial charge on any atom is 0.313 e. The molecule has 2 aromatic heterocycles. The molecule has 0 aliphatic carbocycles. The van der Waals surface area contributed by atoms with Gasteiger partial charge in [-0.25, -0.2) is 9.97 Å². The van der Waals surface area contributed by atoms with Crippen LogP contribution in [0.2, 0.25) is 0 Å². The summed E-state index contributed by atoms with van der Waals surface area (Å²) in [6.07, 6.45) is 3.54. The lowest BCUT2D eigenvalue weighted by Crippen LogP contribution is -1.98. The van der Waals surface area contributed by atoms with E-state index in [1.54, 1.807) is 23.1 Å². The van der Waals surface area contributed by atoms with Gasteiger partial charge in [-0.3, -0.25) is 4.79 Å². The van der Waals surface area contributed by atoms with E-state index in [0.29, 0.717) is 0 Å². The molecule has 0 fully saturated rings. The molecule has 3 aromatic rings. The molecule has 1 aromatic carbocycles. The Kier molecular flexibility index (Phi) is 4.66. The van der Waals surface area contributed by atoms with Crippen molar-refractivity contribution in [3.8, 4) is 10.4 Å². The van der Waals surface area contributed by atoms with E-state index in [9.17, 15) is 4.79 Å². The maximum atomic E-state index is 10.7. The van der Waals surface area contributed by atoms with Gasteiger partial charge in [-0.15, -0.1) is 23.1 Å². The summed E-state index contributed by atoms with van der Waals surface area (Å²) in [6.45, 7) is 0. The third-order valence-electron chi connectivity index (χ3n) is 2.97. The van der Waals surface area contributed by atoms with E-state index in [4.69, 9.17) is 5.11 Å². The van der Waals surface area contributed by atoms with Crippen molar-refractivity contribution in [2.45, 2.75) is 9.92 Å². The normalized spacial score (nSPS) is 11.0. The van der Waals surface area contributed by atoms with Gasteiger partial charge in [0.05, 0.1) is 16.0 Å². The fourth-order valence-corrected chi connectivity index (χ4v) is 4.35. The molecule has 0 spiro atoms. The van der Waals surface area contributed by atoms with E-state index < -0.39 is 5.97 Å². The fraction of sp³-hybridized carbons (Fsp3) is 0.133. The Morgan fingerprint density at radius 3 is 2.95 bits per heavy atom. The quantitative estimate of drug-likeness (QED) is 0.549. The van der Waals surface area contributed by atoms with Gasteiger partial charge in [0.15, 0.2) is 0 Å². The first-order valence-corrected chi connectivity index (χ1v) is 9.43. The average molecular weight is 348 g/mol. The molecule has 0 atom stereocenters. The molecule has 0 bridgehead atoms. The zero-order valence-corrected chi connectivity index (χ0v) is 14.1. The van der Waals surface area contributed by atoms with Gasteiger partial charge < -0.3 is 5.11 Å². The number of hydrogen-bond acceptors (Lipinski definition) is 6. The smallest absolute Gasteiger partial charge is 0.313 e. The Labute approximate surface area is 140 Å². The summed E-state index contributed by atoms with van der Waals surface area (Å²) in [7, 11) is 0. The van der Waals surface area contributed by atoms with Gasteiger partial charge in [0.2, 0.25) is 0 Å². The van der Waals surface area contributed by atoms with Crippen molar-refractivity contribution in [2.24, 2.45) is 0 Å². The van der Waals surface area contributed by atoms with Crippen LogP contribution in [-0.4, -0.2) is 33.1 Å². The third kappa shape index (κ3) is 3.26. The number of rotatable bonds is 5. The molecule has 0 aliphatic heterocycles. The number of nitrogens with zero attached hydrogens (tertiary/aromatic N) is 2. The molecular formula is C15H12N2O2S3. The molecule has 0 saturated carbocycles. The van der Waals surface area contributed by atoms with Crippen LogP contribution in [-0.2, 0) is 4.79 Å². The van der Waals surface area contributed by atoms with E-state index >= 15 is 0 Å². The SMILES string of the molecule is CSc1cccc(-c2cc3ncnc(SCC(=O)O)c3s2)c1. The fourth-order valence-electron chi connectivity index (χ4n) is 1.98. The first-order chi connectivity index (χ1) is 10.7. The molecule has 0 amide bonds. The predicted molar refractivity (Wildman–Crippen MR) is 93.0 cm³/mol. The summed E-state index contributed by atoms with van der Waals surface area (Å²) < 4.78 is 0.943. The second-order valence-corrected chi connectivity index (χ2v) is 7.31. The van der Waals surface area contributed by atoms with Crippen LogP contribution >= 0.6 is 34.9 Å².